The van der Waals surface area contributed by atoms with Crippen molar-refractivity contribution in [1.82, 2.24) is 15.3 Å². The van der Waals surface area contributed by atoms with Gasteiger partial charge in [0.2, 0.25) is 0 Å². The molecule has 4 aromatic carbocycles. The average Bonchev–Trinajstić information content (AvgIpc) is 4.26. The van der Waals surface area contributed by atoms with E-state index in [1.807, 2.05) is 37.3 Å². The van der Waals surface area contributed by atoms with Crippen LogP contribution in [0.5, 0.6) is 23.0 Å². The number of aromatic carboxylic acids is 1. The molecule has 2 fully saturated rings. The molecule has 0 radical (unpaired) electrons. The van der Waals surface area contributed by atoms with Gasteiger partial charge < -0.3 is 10.2 Å². The molecule has 3 heterocycles. The van der Waals surface area contributed by atoms with Crippen LogP contribution in [-0.4, -0.2) is 49.6 Å². The van der Waals surface area contributed by atoms with Gasteiger partial charge in [-0.15, -0.1) is 0 Å². The number of aliphatic hydroxyl groups is 1. The van der Waals surface area contributed by atoms with Gasteiger partial charge in [-0.2, -0.15) is 5.26 Å². The van der Waals surface area contributed by atoms with Gasteiger partial charge >= 0.3 is 283 Å². The molecule has 15 heteroatoms. The third kappa shape index (κ3) is 11.0. The molecule has 12 nitrogen and oxygen atoms in total. The van der Waals surface area contributed by atoms with E-state index in [2.05, 4.69) is 40.4 Å². The van der Waals surface area contributed by atoms with Crippen molar-refractivity contribution < 1.29 is 60.0 Å². The quantitative estimate of drug-likeness (QED) is 0.0590. The molecule has 65 heavy (non-hydrogen) atoms. The van der Waals surface area contributed by atoms with Crippen molar-refractivity contribution in [2.24, 2.45) is 5.41 Å². The Morgan fingerprint density at radius 3 is 1.98 bits per heavy atom. The molecule has 2 aliphatic rings. The molecule has 1 aliphatic carbocycles. The molecule has 1 aliphatic heterocycles. The number of carboxylic acids is 1. The number of hydrogen-bond donors (Lipinski definition) is 3. The van der Waals surface area contributed by atoms with Gasteiger partial charge in [0.15, 0.2) is 0 Å². The first-order valence-electron chi connectivity index (χ1n) is 20.8. The summed E-state index contributed by atoms with van der Waals surface area (Å²) in [5.74, 6) is -0.553. The first-order valence-corrected chi connectivity index (χ1v) is 24.3. The van der Waals surface area contributed by atoms with Gasteiger partial charge in [0.1, 0.15) is 12.7 Å². The van der Waals surface area contributed by atoms with Crippen LogP contribution < -0.4 is 45.5 Å². The number of alkyl halides is 2. The van der Waals surface area contributed by atoms with E-state index >= 15 is 0 Å². The Morgan fingerprint density at radius 1 is 0.785 bits per heavy atom. The van der Waals surface area contributed by atoms with Gasteiger partial charge in [0, 0.05) is 29.6 Å². The summed E-state index contributed by atoms with van der Waals surface area (Å²) in [6, 6.07) is 24.0. The minimum atomic E-state index is -1.21. The maximum atomic E-state index is 13.5. The Balaban J connectivity index is 1.02. The van der Waals surface area contributed by atoms with Gasteiger partial charge in [-0.05, 0) is 31.4 Å². The summed E-state index contributed by atoms with van der Waals surface area (Å²) in [6.45, 7) is 4.90. The predicted molar refractivity (Wildman–Crippen MR) is 240 cm³/mol. The number of carboxylic acid groups (broad SMARTS) is 1. The second-order valence-electron chi connectivity index (χ2n) is 16.2. The van der Waals surface area contributed by atoms with Gasteiger partial charge in [-0.3, -0.25) is 9.97 Å². The molecule has 334 valence electrons. The SMILES string of the molecule is Cc1cncc(COc2cc(OCc3cccc(-c4cccc(COc5cc(OCc6cncc(C#N)c6)c(C(=O)O)cc5Cl)c4C)c3C3C[I-]3)c(Cl)cc2C(=O)NCC2(CO)CC2)c1. The summed E-state index contributed by atoms with van der Waals surface area (Å²) in [7, 11) is 0. The van der Waals surface area contributed by atoms with E-state index in [-0.39, 0.29) is 98.2 Å². The molecule has 0 spiro atoms. The van der Waals surface area contributed by atoms with Crippen molar-refractivity contribution in [3.63, 3.8) is 0 Å². The van der Waals surface area contributed by atoms with Gasteiger partial charge in [0.25, 0.3) is 0 Å². The molecule has 6 aromatic rings. The summed E-state index contributed by atoms with van der Waals surface area (Å²) in [6.07, 6.45) is 8.18. The zero-order chi connectivity index (χ0) is 45.7. The number of aryl methyl sites for hydroxylation is 1. The number of ether oxygens (including phenoxy) is 4. The van der Waals surface area contributed by atoms with Crippen molar-refractivity contribution in [3.05, 3.63) is 163 Å². The normalized spacial score (nSPS) is 14.6. The number of pyridine rings is 2. The zero-order valence-corrected chi connectivity index (χ0v) is 39.2. The molecular formula is C50H44Cl2IN4O8-. The summed E-state index contributed by atoms with van der Waals surface area (Å²) >= 11 is 13.4. The average molecular weight is 1030 g/mol. The third-order valence-electron chi connectivity index (χ3n) is 11.4. The van der Waals surface area contributed by atoms with Crippen LogP contribution in [0, 0.1) is 30.6 Å². The fourth-order valence-electron chi connectivity index (χ4n) is 7.44. The molecule has 1 amide bonds. The number of amides is 1. The Hall–Kier alpha value is -5.92. The van der Waals surface area contributed by atoms with Crippen LogP contribution >= 0.6 is 23.2 Å². The number of nitriles is 1. The van der Waals surface area contributed by atoms with Crippen LogP contribution in [0.4, 0.5) is 0 Å². The first-order chi connectivity index (χ1) is 31.4. The minimum Gasteiger partial charge on any atom is -0.396 e. The molecule has 1 unspecified atom stereocenters. The second kappa shape index (κ2) is 20.1. The number of nitrogens with one attached hydrogen (secondary N) is 1. The van der Waals surface area contributed by atoms with Crippen LogP contribution in [0.3, 0.4) is 0 Å². The number of carbonyl (C=O) groups excluding carboxylic acids is 1. The Bertz CT molecular complexity index is 2830. The number of benzene rings is 4. The molecule has 0 bridgehead atoms. The maximum absolute atomic E-state index is 13.5. The number of aromatic nitrogens is 2. The van der Waals surface area contributed by atoms with Crippen molar-refractivity contribution in [3.8, 4) is 40.2 Å². The van der Waals surface area contributed by atoms with Gasteiger partial charge in [-0.1, -0.05) is 0 Å². The Morgan fingerprint density at radius 2 is 1.37 bits per heavy atom. The summed E-state index contributed by atoms with van der Waals surface area (Å²) in [4.78, 5) is 34.0. The Kier molecular flexibility index (Phi) is 14.1. The van der Waals surface area contributed by atoms with Gasteiger partial charge in [0.05, 0.1) is 12.2 Å². The number of hydrogen-bond acceptors (Lipinski definition) is 10. The number of aliphatic hydroxyl groups excluding tert-OH is 1. The van der Waals surface area contributed by atoms with Crippen LogP contribution in [0.1, 0.15) is 82.0 Å². The Labute approximate surface area is 396 Å². The third-order valence-corrected chi connectivity index (χ3v) is 14.4. The van der Waals surface area contributed by atoms with E-state index < -0.39 is 5.97 Å². The molecule has 1 atom stereocenters. The second-order valence-corrected chi connectivity index (χ2v) is 20.2. The molecule has 1 saturated carbocycles. The van der Waals surface area contributed by atoms with Crippen LogP contribution in [0.15, 0.2) is 97.6 Å². The van der Waals surface area contributed by atoms with Crippen LogP contribution in [0.2, 0.25) is 10.0 Å². The van der Waals surface area contributed by atoms with Crippen LogP contribution in [0.25, 0.3) is 11.1 Å². The molecule has 8 rings (SSSR count). The fourth-order valence-corrected chi connectivity index (χ4v) is 9.74. The van der Waals surface area contributed by atoms with E-state index in [0.717, 1.165) is 56.2 Å². The molecule has 2 aromatic heterocycles. The molecule has 1 saturated heterocycles. The first kappa shape index (κ1) is 45.6. The number of carbonyl (C=O) groups is 2. The van der Waals surface area contributed by atoms with Crippen molar-refractivity contribution in [2.75, 3.05) is 17.6 Å². The predicted octanol–water partition coefficient (Wildman–Crippen LogP) is 6.60. The van der Waals surface area contributed by atoms with Crippen LogP contribution in [-0.2, 0) is 26.4 Å². The van der Waals surface area contributed by atoms with E-state index in [9.17, 15) is 25.1 Å². The summed E-state index contributed by atoms with van der Waals surface area (Å²) in [5, 5.41) is 32.3. The number of rotatable bonds is 19. The van der Waals surface area contributed by atoms with Gasteiger partial charge in [-0.25, -0.2) is 4.79 Å². The van der Waals surface area contributed by atoms with E-state index in [1.165, 1.54) is 23.9 Å². The fraction of sp³-hybridized carbons (Fsp3) is 0.260. The monoisotopic (exact) mass is 1030 g/mol. The molecule has 3 N–H and O–H groups in total. The van der Waals surface area contributed by atoms with E-state index in [0.29, 0.717) is 33.1 Å². The summed E-state index contributed by atoms with van der Waals surface area (Å²) < 4.78 is 26.5. The standard InChI is InChI=1S/C50H44Cl2IN4O8/c1-29-11-32(21-55-19-29)23-62-43-15-45(40(51)13-38(43)48(59)57-27-50(28-58)9-10-50)65-26-35-6-4-8-37(47(35)42-17-53-42)36-7-3-5-34(30(36)2)25-64-46-16-44(39(49(60)61)14-41(46)52)63-24-33-12-31(18-54)20-56-22-33/h3-8,11-16,19-22,42,58H,9-10,17,23-28H2,1-2H3,(H,57,59)(H,60,61)/q-1. The number of nitrogens with zero attached hydrogens (tertiary/aromatic N) is 3. The van der Waals surface area contributed by atoms with E-state index in [1.54, 1.807) is 36.8 Å². The minimum absolute atomic E-state index is 0.0112. The number of halogens is 3. The van der Waals surface area contributed by atoms with Crippen molar-refractivity contribution in [1.29, 1.82) is 5.26 Å². The smallest absolute Gasteiger partial charge is 0.396 e. The molecular weight excluding hydrogens is 982 g/mol. The summed E-state index contributed by atoms with van der Waals surface area (Å²) in [5.41, 5.74) is 9.00. The van der Waals surface area contributed by atoms with Crippen molar-refractivity contribution in [2.45, 2.75) is 57.0 Å². The zero-order valence-electron chi connectivity index (χ0n) is 35.5. The topological polar surface area (TPSA) is 173 Å². The van der Waals surface area contributed by atoms with E-state index in [4.69, 9.17) is 42.1 Å². The van der Waals surface area contributed by atoms with Crippen molar-refractivity contribution >= 4 is 35.1 Å².